The molecule has 3 aliphatic heterocycles. The Labute approximate surface area is 155 Å². The molecule has 1 amide bonds. The van der Waals surface area contributed by atoms with Crippen molar-refractivity contribution < 1.29 is 9.53 Å². The summed E-state index contributed by atoms with van der Waals surface area (Å²) in [4.78, 5) is 15.3. The molecule has 7 heteroatoms. The maximum absolute atomic E-state index is 12.8. The van der Waals surface area contributed by atoms with Gasteiger partial charge < -0.3 is 10.1 Å². The van der Waals surface area contributed by atoms with Crippen molar-refractivity contribution in [2.45, 2.75) is 70.2 Å². The molecule has 4 heterocycles. The summed E-state index contributed by atoms with van der Waals surface area (Å²) in [6, 6.07) is 0.876. The standard InChI is InChI=1S/C19H31N5O2/c1-26-13-16-10-24(22-21-16)11-17-9-14-7-8-23(17)12-18(14)19(25)20-15-5-3-2-4-6-15/h10,14-15,17-18H,2-9,11-13H2,1H3,(H,20,25)/t14?,17-,18+/m1/s1. The number of rotatable bonds is 6. The molecule has 4 aliphatic rings. The van der Waals surface area contributed by atoms with Crippen molar-refractivity contribution in [3.05, 3.63) is 11.9 Å². The zero-order valence-electron chi connectivity index (χ0n) is 15.8. The first-order valence-electron chi connectivity index (χ1n) is 10.2. The molecule has 1 aliphatic carbocycles. The molecule has 1 aromatic heterocycles. The highest BCUT2D eigenvalue weighted by atomic mass is 16.5. The van der Waals surface area contributed by atoms with E-state index in [0.717, 1.165) is 51.0 Å². The molecule has 3 saturated heterocycles. The minimum absolute atomic E-state index is 0.168. The average molecular weight is 361 g/mol. The van der Waals surface area contributed by atoms with E-state index >= 15 is 0 Å². The van der Waals surface area contributed by atoms with Gasteiger partial charge in [0.15, 0.2) is 0 Å². The van der Waals surface area contributed by atoms with Crippen LogP contribution in [-0.4, -0.2) is 58.1 Å². The van der Waals surface area contributed by atoms with Gasteiger partial charge in [-0.1, -0.05) is 24.5 Å². The number of ether oxygens (including phenoxy) is 1. The van der Waals surface area contributed by atoms with Crippen LogP contribution in [0.15, 0.2) is 6.20 Å². The zero-order valence-corrected chi connectivity index (χ0v) is 15.8. The van der Waals surface area contributed by atoms with Gasteiger partial charge in [-0.05, 0) is 38.1 Å². The average Bonchev–Trinajstić information content (AvgIpc) is 3.10. The van der Waals surface area contributed by atoms with E-state index in [9.17, 15) is 4.79 Å². The van der Waals surface area contributed by atoms with Crippen LogP contribution in [0.5, 0.6) is 0 Å². The summed E-state index contributed by atoms with van der Waals surface area (Å²) in [6.45, 7) is 3.35. The Morgan fingerprint density at radius 2 is 2.15 bits per heavy atom. The van der Waals surface area contributed by atoms with Crippen molar-refractivity contribution in [1.82, 2.24) is 25.2 Å². The molecule has 4 fully saturated rings. The third-order valence-electron chi connectivity index (χ3n) is 6.44. The number of amides is 1. The van der Waals surface area contributed by atoms with Crippen LogP contribution >= 0.6 is 0 Å². The topological polar surface area (TPSA) is 72.3 Å². The van der Waals surface area contributed by atoms with E-state index in [0.29, 0.717) is 30.5 Å². The first-order chi connectivity index (χ1) is 12.7. The van der Waals surface area contributed by atoms with Crippen LogP contribution in [0.25, 0.3) is 0 Å². The van der Waals surface area contributed by atoms with E-state index in [1.165, 1.54) is 19.3 Å². The summed E-state index contributed by atoms with van der Waals surface area (Å²) >= 11 is 0. The van der Waals surface area contributed by atoms with Gasteiger partial charge in [-0.15, -0.1) is 5.10 Å². The molecular weight excluding hydrogens is 330 g/mol. The van der Waals surface area contributed by atoms with Crippen LogP contribution in [0.2, 0.25) is 0 Å². The molecule has 5 rings (SSSR count). The molecule has 0 spiro atoms. The van der Waals surface area contributed by atoms with E-state index in [1.54, 1.807) is 7.11 Å². The minimum Gasteiger partial charge on any atom is -0.378 e. The van der Waals surface area contributed by atoms with Crippen molar-refractivity contribution in [1.29, 1.82) is 0 Å². The Morgan fingerprint density at radius 3 is 2.88 bits per heavy atom. The van der Waals surface area contributed by atoms with E-state index < -0.39 is 0 Å². The molecule has 0 aromatic carbocycles. The summed E-state index contributed by atoms with van der Waals surface area (Å²) in [5.74, 6) is 0.977. The maximum atomic E-state index is 12.8. The minimum atomic E-state index is 0.168. The molecule has 0 radical (unpaired) electrons. The van der Waals surface area contributed by atoms with Gasteiger partial charge in [0, 0.05) is 25.7 Å². The number of fused-ring (bicyclic) bond motifs is 3. The Balaban J connectivity index is 1.32. The molecule has 4 atom stereocenters. The van der Waals surface area contributed by atoms with Gasteiger partial charge >= 0.3 is 0 Å². The number of aromatic nitrogens is 3. The van der Waals surface area contributed by atoms with Crippen molar-refractivity contribution in [3.8, 4) is 0 Å². The number of nitrogens with zero attached hydrogens (tertiary/aromatic N) is 4. The van der Waals surface area contributed by atoms with Crippen LogP contribution in [-0.2, 0) is 22.7 Å². The second kappa shape index (κ2) is 8.05. The van der Waals surface area contributed by atoms with Gasteiger partial charge in [0.05, 0.1) is 25.3 Å². The Morgan fingerprint density at radius 1 is 1.31 bits per heavy atom. The summed E-state index contributed by atoms with van der Waals surface area (Å²) in [7, 11) is 1.67. The summed E-state index contributed by atoms with van der Waals surface area (Å²) in [6.07, 6.45) is 10.4. The number of carbonyl (C=O) groups is 1. The highest BCUT2D eigenvalue weighted by molar-refractivity contribution is 5.79. The smallest absolute Gasteiger partial charge is 0.224 e. The second-order valence-electron chi connectivity index (χ2n) is 8.25. The fourth-order valence-corrected chi connectivity index (χ4v) is 5.04. The number of nitrogens with one attached hydrogen (secondary N) is 1. The van der Waals surface area contributed by atoms with Crippen LogP contribution < -0.4 is 5.32 Å². The highest BCUT2D eigenvalue weighted by Crippen LogP contribution is 2.37. The predicted molar refractivity (Wildman–Crippen MR) is 97.3 cm³/mol. The summed E-state index contributed by atoms with van der Waals surface area (Å²) < 4.78 is 7.04. The van der Waals surface area contributed by atoms with Gasteiger partial charge in [-0.3, -0.25) is 14.4 Å². The number of carbonyl (C=O) groups excluding carboxylic acids is 1. The van der Waals surface area contributed by atoms with Crippen LogP contribution in [0, 0.1) is 11.8 Å². The van der Waals surface area contributed by atoms with Crippen LogP contribution in [0.4, 0.5) is 0 Å². The summed E-state index contributed by atoms with van der Waals surface area (Å²) in [5.41, 5.74) is 0.869. The van der Waals surface area contributed by atoms with Crippen molar-refractivity contribution in [3.63, 3.8) is 0 Å². The molecule has 1 aromatic rings. The third-order valence-corrected chi connectivity index (χ3v) is 6.44. The lowest BCUT2D eigenvalue weighted by atomic mass is 9.75. The largest absolute Gasteiger partial charge is 0.378 e. The van der Waals surface area contributed by atoms with E-state index in [-0.39, 0.29) is 5.92 Å². The maximum Gasteiger partial charge on any atom is 0.224 e. The van der Waals surface area contributed by atoms with E-state index in [2.05, 4.69) is 20.5 Å². The molecule has 2 unspecified atom stereocenters. The Kier molecular flexibility index (Phi) is 5.55. The van der Waals surface area contributed by atoms with Gasteiger partial charge in [0.25, 0.3) is 0 Å². The second-order valence-corrected chi connectivity index (χ2v) is 8.25. The fourth-order valence-electron chi connectivity index (χ4n) is 5.04. The fraction of sp³-hybridized carbons (Fsp3) is 0.842. The Bertz CT molecular complexity index is 613. The van der Waals surface area contributed by atoms with Crippen molar-refractivity contribution >= 4 is 5.91 Å². The van der Waals surface area contributed by atoms with Crippen molar-refractivity contribution in [2.24, 2.45) is 11.8 Å². The quantitative estimate of drug-likeness (QED) is 0.833. The molecular formula is C19H31N5O2. The molecule has 26 heavy (non-hydrogen) atoms. The molecule has 2 bridgehead atoms. The van der Waals surface area contributed by atoms with Gasteiger partial charge in [0.2, 0.25) is 5.91 Å². The van der Waals surface area contributed by atoms with Gasteiger partial charge in [-0.2, -0.15) is 0 Å². The number of piperidine rings is 3. The van der Waals surface area contributed by atoms with E-state index in [1.807, 2.05) is 10.9 Å². The molecule has 1 N–H and O–H groups in total. The van der Waals surface area contributed by atoms with Crippen molar-refractivity contribution in [2.75, 3.05) is 20.2 Å². The normalized spacial score (nSPS) is 31.9. The van der Waals surface area contributed by atoms with Crippen LogP contribution in [0.1, 0.15) is 50.6 Å². The highest BCUT2D eigenvalue weighted by Gasteiger charge is 2.43. The molecule has 144 valence electrons. The zero-order chi connectivity index (χ0) is 17.9. The number of methoxy groups -OCH3 is 1. The SMILES string of the molecule is COCc1cn(C[C@H]2CC3CCN2C[C@@H]3C(=O)NC2CCCCC2)nn1. The number of hydrogen-bond acceptors (Lipinski definition) is 5. The summed E-state index contributed by atoms with van der Waals surface area (Å²) in [5, 5.41) is 11.7. The van der Waals surface area contributed by atoms with E-state index in [4.69, 9.17) is 4.74 Å². The first kappa shape index (κ1) is 17.9. The van der Waals surface area contributed by atoms with Gasteiger partial charge in [0.1, 0.15) is 5.69 Å². The molecule has 7 nitrogen and oxygen atoms in total. The first-order valence-corrected chi connectivity index (χ1v) is 10.2. The third kappa shape index (κ3) is 3.93. The number of hydrogen-bond donors (Lipinski definition) is 1. The van der Waals surface area contributed by atoms with Crippen LogP contribution in [0.3, 0.4) is 0 Å². The lowest BCUT2D eigenvalue weighted by Crippen LogP contribution is -2.58. The predicted octanol–water partition coefficient (Wildman–Crippen LogP) is 1.58. The monoisotopic (exact) mass is 361 g/mol. The Hall–Kier alpha value is -1.47. The van der Waals surface area contributed by atoms with Gasteiger partial charge in [-0.25, -0.2) is 0 Å². The lowest BCUT2D eigenvalue weighted by molar-refractivity contribution is -0.134. The molecule has 1 saturated carbocycles. The lowest BCUT2D eigenvalue weighted by Gasteiger charge is -2.49.